The molecule has 3 rings (SSSR count). The first kappa shape index (κ1) is 26.0. The lowest BCUT2D eigenvalue weighted by Crippen LogP contribution is -2.26. The quantitative estimate of drug-likeness (QED) is 0.614. The molecule has 0 saturated heterocycles. The molecule has 1 aromatic carbocycles. The van der Waals surface area contributed by atoms with E-state index in [0.717, 1.165) is 16.7 Å². The van der Waals surface area contributed by atoms with Crippen molar-refractivity contribution in [2.24, 2.45) is 0 Å². The van der Waals surface area contributed by atoms with Crippen LogP contribution >= 0.6 is 12.4 Å². The number of hydrogen-bond acceptors (Lipinski definition) is 7. The molecule has 1 N–H and O–H groups in total. The fourth-order valence-corrected chi connectivity index (χ4v) is 3.46. The molecule has 2 aromatic rings. The summed E-state index contributed by atoms with van der Waals surface area (Å²) in [7, 11) is 8.27. The van der Waals surface area contributed by atoms with Crippen LogP contribution < -0.4 is 19.5 Å². The summed E-state index contributed by atoms with van der Waals surface area (Å²) >= 11 is 0. The minimum atomic E-state index is -0.179. The number of ether oxygens (including phenoxy) is 3. The van der Waals surface area contributed by atoms with Crippen molar-refractivity contribution in [2.45, 2.75) is 13.1 Å². The Morgan fingerprint density at radius 2 is 1.79 bits per heavy atom. The average Bonchev–Trinajstić information content (AvgIpc) is 2.92. The van der Waals surface area contributed by atoms with E-state index in [1.807, 2.05) is 18.0 Å². The van der Waals surface area contributed by atoms with Crippen LogP contribution in [0.15, 0.2) is 30.5 Å². The first-order chi connectivity index (χ1) is 15.3. The molecule has 10 heteroatoms. The Balaban J connectivity index is 0.00000385. The number of nitrogens with one attached hydrogen (secondary N) is 1. The molecule has 2 heterocycles. The van der Waals surface area contributed by atoms with Crippen molar-refractivity contribution < 1.29 is 23.8 Å². The van der Waals surface area contributed by atoms with Gasteiger partial charge in [0.05, 0.1) is 27.9 Å². The van der Waals surface area contributed by atoms with E-state index in [0.29, 0.717) is 42.7 Å². The van der Waals surface area contributed by atoms with Gasteiger partial charge in [0.15, 0.2) is 11.5 Å². The van der Waals surface area contributed by atoms with Crippen LogP contribution in [0.4, 0.5) is 5.82 Å². The van der Waals surface area contributed by atoms with Crippen LogP contribution in [-0.2, 0) is 22.7 Å². The lowest BCUT2D eigenvalue weighted by Gasteiger charge is -2.19. The Hall–Kier alpha value is -3.30. The predicted octanol–water partition coefficient (Wildman–Crippen LogP) is 2.58. The number of hydrogen-bond donors (Lipinski definition) is 1. The van der Waals surface area contributed by atoms with Gasteiger partial charge >= 0.3 is 0 Å². The number of fused-ring (bicyclic) bond motifs is 1. The van der Waals surface area contributed by atoms with Gasteiger partial charge < -0.3 is 24.4 Å². The van der Waals surface area contributed by atoms with E-state index in [-0.39, 0.29) is 24.2 Å². The summed E-state index contributed by atoms with van der Waals surface area (Å²) in [6.07, 6.45) is 4.84. The van der Waals surface area contributed by atoms with Crippen molar-refractivity contribution in [3.05, 3.63) is 47.2 Å². The second-order valence-electron chi connectivity index (χ2n) is 7.54. The second kappa shape index (κ2) is 11.5. The van der Waals surface area contributed by atoms with Crippen LogP contribution in [0.25, 0.3) is 6.08 Å². The van der Waals surface area contributed by atoms with Crippen LogP contribution in [0.3, 0.4) is 0 Å². The maximum absolute atomic E-state index is 12.7. The predicted molar refractivity (Wildman–Crippen MR) is 128 cm³/mol. The Bertz CT molecular complexity index is 1040. The molecule has 0 atom stereocenters. The molecular formula is C23H29ClN4O5. The summed E-state index contributed by atoms with van der Waals surface area (Å²) in [6, 6.07) is 5.46. The lowest BCUT2D eigenvalue weighted by molar-refractivity contribution is -0.125. The van der Waals surface area contributed by atoms with Gasteiger partial charge in [0.25, 0.3) is 0 Å². The zero-order valence-electron chi connectivity index (χ0n) is 19.4. The molecule has 0 saturated carbocycles. The number of methoxy groups -OCH3 is 3. The molecule has 1 aromatic heterocycles. The van der Waals surface area contributed by atoms with Gasteiger partial charge in [0.1, 0.15) is 11.6 Å². The monoisotopic (exact) mass is 476 g/mol. The van der Waals surface area contributed by atoms with E-state index < -0.39 is 0 Å². The molecule has 33 heavy (non-hydrogen) atoms. The van der Waals surface area contributed by atoms with Crippen LogP contribution in [0.1, 0.15) is 16.7 Å². The number of amides is 2. The maximum Gasteiger partial charge on any atom is 0.246 e. The minimum absolute atomic E-state index is 0. The molecule has 0 aliphatic carbocycles. The highest BCUT2D eigenvalue weighted by atomic mass is 35.5. The highest BCUT2D eigenvalue weighted by Gasteiger charge is 2.18. The summed E-state index contributed by atoms with van der Waals surface area (Å²) in [5.41, 5.74) is 2.47. The van der Waals surface area contributed by atoms with Gasteiger partial charge in [-0.25, -0.2) is 4.98 Å². The van der Waals surface area contributed by atoms with Crippen LogP contribution in [-0.4, -0.2) is 68.6 Å². The third-order valence-corrected chi connectivity index (χ3v) is 5.09. The molecule has 9 nitrogen and oxygen atoms in total. The average molecular weight is 477 g/mol. The fourth-order valence-electron chi connectivity index (χ4n) is 3.46. The Labute approximate surface area is 199 Å². The number of nitrogens with zero attached hydrogens (tertiary/aromatic N) is 3. The summed E-state index contributed by atoms with van der Waals surface area (Å²) in [5.74, 6) is 2.01. The largest absolute Gasteiger partial charge is 0.496 e. The number of carbonyl (C=O) groups is 2. The van der Waals surface area contributed by atoms with Crippen molar-refractivity contribution in [3.63, 3.8) is 0 Å². The van der Waals surface area contributed by atoms with Crippen molar-refractivity contribution in [1.29, 1.82) is 0 Å². The van der Waals surface area contributed by atoms with E-state index >= 15 is 0 Å². The molecule has 2 amide bonds. The van der Waals surface area contributed by atoms with Crippen molar-refractivity contribution in [2.75, 3.05) is 47.3 Å². The van der Waals surface area contributed by atoms with Gasteiger partial charge in [-0.2, -0.15) is 0 Å². The number of halogens is 1. The Kier molecular flexibility index (Phi) is 9.07. The summed E-state index contributed by atoms with van der Waals surface area (Å²) < 4.78 is 16.1. The third kappa shape index (κ3) is 6.36. The number of anilines is 1. The van der Waals surface area contributed by atoms with Crippen LogP contribution in [0.5, 0.6) is 17.2 Å². The molecular weight excluding hydrogens is 448 g/mol. The zero-order valence-corrected chi connectivity index (χ0v) is 20.2. The molecule has 178 valence electrons. The minimum Gasteiger partial charge on any atom is -0.496 e. The maximum atomic E-state index is 12.7. The van der Waals surface area contributed by atoms with Crippen molar-refractivity contribution in [3.8, 4) is 17.2 Å². The molecule has 0 radical (unpaired) electrons. The van der Waals surface area contributed by atoms with Gasteiger partial charge in [-0.3, -0.25) is 14.5 Å². The first-order valence-electron chi connectivity index (χ1n) is 10.0. The van der Waals surface area contributed by atoms with Crippen LogP contribution in [0.2, 0.25) is 0 Å². The summed E-state index contributed by atoms with van der Waals surface area (Å²) in [6.45, 7) is 1.23. The topological polar surface area (TPSA) is 93.2 Å². The van der Waals surface area contributed by atoms with Gasteiger partial charge in [0.2, 0.25) is 11.8 Å². The normalized spacial score (nSPS) is 13.4. The van der Waals surface area contributed by atoms with Crippen molar-refractivity contribution >= 4 is 36.1 Å². The second-order valence-corrected chi connectivity index (χ2v) is 7.54. The van der Waals surface area contributed by atoms with E-state index in [1.54, 1.807) is 57.7 Å². The third-order valence-electron chi connectivity index (χ3n) is 5.09. The molecule has 1 aliphatic heterocycles. The van der Waals surface area contributed by atoms with E-state index in [1.165, 1.54) is 6.08 Å². The van der Waals surface area contributed by atoms with Gasteiger partial charge in [-0.15, -0.1) is 12.4 Å². The number of rotatable bonds is 7. The van der Waals surface area contributed by atoms with E-state index in [4.69, 9.17) is 14.2 Å². The van der Waals surface area contributed by atoms with Crippen LogP contribution in [0, 0.1) is 0 Å². The van der Waals surface area contributed by atoms with E-state index in [2.05, 4.69) is 10.3 Å². The highest BCUT2D eigenvalue weighted by molar-refractivity contribution is 5.93. The number of aromatic nitrogens is 1. The van der Waals surface area contributed by atoms with Gasteiger partial charge in [-0.05, 0) is 30.8 Å². The Morgan fingerprint density at radius 1 is 1.12 bits per heavy atom. The van der Waals surface area contributed by atoms with Gasteiger partial charge in [-0.1, -0.05) is 0 Å². The molecule has 0 spiro atoms. The summed E-state index contributed by atoms with van der Waals surface area (Å²) in [4.78, 5) is 32.3. The van der Waals surface area contributed by atoms with Gasteiger partial charge in [0, 0.05) is 49.6 Å². The van der Waals surface area contributed by atoms with E-state index in [9.17, 15) is 9.59 Å². The number of benzene rings is 1. The number of carbonyl (C=O) groups excluding carboxylic acids is 2. The smallest absolute Gasteiger partial charge is 0.246 e. The Morgan fingerprint density at radius 3 is 2.45 bits per heavy atom. The molecule has 1 aliphatic rings. The SMILES string of the molecule is COc1cc(OC)c(OC)cc1CN(C)C(=O)/C=C/c1cnc2c(c1)CN(C)CC(=O)N2.Cl. The van der Waals surface area contributed by atoms with Crippen molar-refractivity contribution in [1.82, 2.24) is 14.8 Å². The molecule has 0 bridgehead atoms. The number of likely N-dealkylation sites (N-methyl/N-ethyl adjacent to an activating group) is 2. The highest BCUT2D eigenvalue weighted by Crippen LogP contribution is 2.35. The molecule has 0 fully saturated rings. The zero-order chi connectivity index (χ0) is 23.3. The fraction of sp³-hybridized carbons (Fsp3) is 0.348. The molecule has 0 unspecified atom stereocenters. The number of pyridine rings is 1. The standard InChI is InChI=1S/C23H28N4O5.ClH/c1-26-12-17-8-15(11-24-23(17)25-21(28)14-26)6-7-22(29)27(2)13-16-9-19(31-4)20(32-5)10-18(16)30-3;/h6-11H,12-14H2,1-5H3,(H,24,25,28);1H/b7-6+;. The lowest BCUT2D eigenvalue weighted by atomic mass is 10.1. The first-order valence-corrected chi connectivity index (χ1v) is 10.0. The summed E-state index contributed by atoms with van der Waals surface area (Å²) in [5, 5.41) is 2.80.